The van der Waals surface area contributed by atoms with E-state index in [4.69, 9.17) is 10.8 Å². The Hall–Kier alpha value is -1.62. The quantitative estimate of drug-likeness (QED) is 0.533. The summed E-state index contributed by atoms with van der Waals surface area (Å²) in [5, 5.41) is 19.5. The van der Waals surface area contributed by atoms with Crippen molar-refractivity contribution in [1.29, 1.82) is 0 Å². The highest BCUT2D eigenvalue weighted by Crippen LogP contribution is 2.27. The molecule has 0 unspecified atom stereocenters. The van der Waals surface area contributed by atoms with Crippen molar-refractivity contribution in [3.05, 3.63) is 33.9 Å². The van der Waals surface area contributed by atoms with Crippen LogP contribution in [0.15, 0.2) is 18.2 Å². The van der Waals surface area contributed by atoms with Gasteiger partial charge in [0.15, 0.2) is 5.75 Å². The molecular weight excluding hydrogens is 172 g/mol. The molecule has 3 N–H and O–H groups in total. The van der Waals surface area contributed by atoms with Gasteiger partial charge in [-0.25, -0.2) is 0 Å². The second-order valence-electron chi connectivity index (χ2n) is 2.79. The van der Waals surface area contributed by atoms with Crippen LogP contribution in [0.3, 0.4) is 0 Å². The van der Waals surface area contributed by atoms with Crippen molar-refractivity contribution in [2.45, 2.75) is 13.0 Å². The summed E-state index contributed by atoms with van der Waals surface area (Å²) >= 11 is 0. The molecule has 0 aliphatic rings. The van der Waals surface area contributed by atoms with Gasteiger partial charge in [0.05, 0.1) is 4.92 Å². The van der Waals surface area contributed by atoms with Crippen LogP contribution in [0.25, 0.3) is 0 Å². The Kier molecular flexibility index (Phi) is 2.48. The molecule has 0 saturated heterocycles. The number of hydrogen-bond acceptors (Lipinski definition) is 4. The van der Waals surface area contributed by atoms with Gasteiger partial charge in [-0.3, -0.25) is 10.1 Å². The van der Waals surface area contributed by atoms with E-state index in [0.717, 1.165) is 0 Å². The van der Waals surface area contributed by atoms with Crippen molar-refractivity contribution >= 4 is 5.69 Å². The normalized spacial score (nSPS) is 12.5. The molecule has 1 aromatic carbocycles. The molecule has 13 heavy (non-hydrogen) atoms. The number of benzene rings is 1. The van der Waals surface area contributed by atoms with Gasteiger partial charge in [-0.2, -0.15) is 0 Å². The van der Waals surface area contributed by atoms with E-state index in [-0.39, 0.29) is 17.5 Å². The minimum absolute atomic E-state index is 0.278. The van der Waals surface area contributed by atoms with Crippen LogP contribution >= 0.6 is 0 Å². The molecule has 5 heteroatoms. The first-order valence-electron chi connectivity index (χ1n) is 3.75. The summed E-state index contributed by atoms with van der Waals surface area (Å²) in [6.45, 7) is 1.72. The molecule has 1 aromatic rings. The standard InChI is InChI=1S/C8H10N2O3/c1-5(9)6-2-3-8(11)7(4-6)10(12)13/h2-5,11H,9H2,1H3/t5-/m1/s1. The van der Waals surface area contributed by atoms with Crippen LogP contribution in [-0.2, 0) is 0 Å². The van der Waals surface area contributed by atoms with Gasteiger partial charge in [0.25, 0.3) is 0 Å². The lowest BCUT2D eigenvalue weighted by molar-refractivity contribution is -0.385. The summed E-state index contributed by atoms with van der Waals surface area (Å²) in [5.74, 6) is -0.339. The van der Waals surface area contributed by atoms with Crippen LogP contribution in [0, 0.1) is 10.1 Å². The molecule has 0 radical (unpaired) electrons. The van der Waals surface area contributed by atoms with E-state index in [0.29, 0.717) is 5.56 Å². The van der Waals surface area contributed by atoms with Gasteiger partial charge < -0.3 is 10.8 Å². The molecule has 1 rings (SSSR count). The van der Waals surface area contributed by atoms with Gasteiger partial charge >= 0.3 is 5.69 Å². The number of nitrogens with two attached hydrogens (primary N) is 1. The van der Waals surface area contributed by atoms with Crippen LogP contribution in [0.4, 0.5) is 5.69 Å². The molecule has 0 saturated carbocycles. The molecule has 1 atom stereocenters. The van der Waals surface area contributed by atoms with Gasteiger partial charge in [0, 0.05) is 12.1 Å². The third-order valence-corrected chi connectivity index (χ3v) is 1.72. The third kappa shape index (κ3) is 1.94. The molecule has 0 aliphatic carbocycles. The van der Waals surface area contributed by atoms with E-state index >= 15 is 0 Å². The van der Waals surface area contributed by atoms with Crippen LogP contribution in [0.1, 0.15) is 18.5 Å². The Morgan fingerprint density at radius 3 is 2.69 bits per heavy atom. The van der Waals surface area contributed by atoms with Crippen LogP contribution in [-0.4, -0.2) is 10.0 Å². The van der Waals surface area contributed by atoms with Crippen molar-refractivity contribution in [2.24, 2.45) is 5.73 Å². The van der Waals surface area contributed by atoms with Crippen molar-refractivity contribution in [3.8, 4) is 5.75 Å². The first-order chi connectivity index (χ1) is 6.02. The molecule has 0 aliphatic heterocycles. The van der Waals surface area contributed by atoms with Crippen molar-refractivity contribution < 1.29 is 10.0 Å². The summed E-state index contributed by atoms with van der Waals surface area (Å²) in [6, 6.07) is 3.84. The maximum absolute atomic E-state index is 10.4. The Bertz CT molecular complexity index is 336. The molecule has 0 spiro atoms. The fourth-order valence-electron chi connectivity index (χ4n) is 0.970. The summed E-state index contributed by atoms with van der Waals surface area (Å²) in [4.78, 5) is 9.76. The highest BCUT2D eigenvalue weighted by Gasteiger charge is 2.14. The van der Waals surface area contributed by atoms with E-state index in [1.54, 1.807) is 13.0 Å². The number of phenols is 1. The number of nitrogens with zero attached hydrogens (tertiary/aromatic N) is 1. The molecule has 0 amide bonds. The van der Waals surface area contributed by atoms with Crippen molar-refractivity contribution in [2.75, 3.05) is 0 Å². The summed E-state index contributed by atoms with van der Waals surface area (Å²) in [6.07, 6.45) is 0. The van der Waals surface area contributed by atoms with E-state index in [2.05, 4.69) is 0 Å². The zero-order chi connectivity index (χ0) is 10.0. The van der Waals surface area contributed by atoms with Crippen molar-refractivity contribution in [3.63, 3.8) is 0 Å². The lowest BCUT2D eigenvalue weighted by Crippen LogP contribution is -2.05. The number of hydrogen-bond donors (Lipinski definition) is 2. The number of nitro benzene ring substituents is 1. The van der Waals surface area contributed by atoms with E-state index in [1.165, 1.54) is 12.1 Å². The predicted molar refractivity (Wildman–Crippen MR) is 47.4 cm³/mol. The topological polar surface area (TPSA) is 89.4 Å². The van der Waals surface area contributed by atoms with E-state index < -0.39 is 4.92 Å². The van der Waals surface area contributed by atoms with Crippen LogP contribution in [0.2, 0.25) is 0 Å². The Labute approximate surface area is 74.9 Å². The zero-order valence-corrected chi connectivity index (χ0v) is 7.10. The molecule has 70 valence electrons. The average molecular weight is 182 g/mol. The van der Waals surface area contributed by atoms with E-state index in [9.17, 15) is 10.1 Å². The number of rotatable bonds is 2. The molecule has 0 heterocycles. The summed E-state index contributed by atoms with van der Waals surface area (Å²) in [5.41, 5.74) is 5.85. The summed E-state index contributed by atoms with van der Waals surface area (Å²) in [7, 11) is 0. The summed E-state index contributed by atoms with van der Waals surface area (Å²) < 4.78 is 0. The Balaban J connectivity index is 3.19. The number of phenolic OH excluding ortho intramolecular Hbond substituents is 1. The van der Waals surface area contributed by atoms with Gasteiger partial charge in [-0.15, -0.1) is 0 Å². The Morgan fingerprint density at radius 2 is 2.23 bits per heavy atom. The van der Waals surface area contributed by atoms with Gasteiger partial charge in [0.1, 0.15) is 0 Å². The van der Waals surface area contributed by atoms with Crippen LogP contribution < -0.4 is 5.73 Å². The predicted octanol–water partition coefficient (Wildman–Crippen LogP) is 1.32. The molecular formula is C8H10N2O3. The lowest BCUT2D eigenvalue weighted by Gasteiger charge is -2.04. The minimum atomic E-state index is -0.638. The van der Waals surface area contributed by atoms with Gasteiger partial charge in [-0.05, 0) is 18.6 Å². The zero-order valence-electron chi connectivity index (χ0n) is 7.10. The van der Waals surface area contributed by atoms with Gasteiger partial charge in [-0.1, -0.05) is 6.07 Å². The maximum atomic E-state index is 10.4. The highest BCUT2D eigenvalue weighted by atomic mass is 16.6. The molecule has 5 nitrogen and oxygen atoms in total. The minimum Gasteiger partial charge on any atom is -0.502 e. The third-order valence-electron chi connectivity index (χ3n) is 1.72. The highest BCUT2D eigenvalue weighted by molar-refractivity contribution is 5.48. The molecule has 0 aromatic heterocycles. The number of aromatic hydroxyl groups is 1. The average Bonchev–Trinajstić information content (AvgIpc) is 2.04. The lowest BCUT2D eigenvalue weighted by atomic mass is 10.1. The van der Waals surface area contributed by atoms with E-state index in [1.807, 2.05) is 0 Å². The Morgan fingerprint density at radius 1 is 1.62 bits per heavy atom. The van der Waals surface area contributed by atoms with Crippen molar-refractivity contribution in [1.82, 2.24) is 0 Å². The molecule has 0 bridgehead atoms. The fourth-order valence-corrected chi connectivity index (χ4v) is 0.970. The fraction of sp³-hybridized carbons (Fsp3) is 0.250. The second kappa shape index (κ2) is 3.40. The maximum Gasteiger partial charge on any atom is 0.311 e. The number of nitro groups is 1. The SMILES string of the molecule is C[C@@H](N)c1ccc(O)c([N+](=O)[O-])c1. The van der Waals surface area contributed by atoms with Gasteiger partial charge in [0.2, 0.25) is 0 Å². The first kappa shape index (κ1) is 9.47. The molecule has 0 fully saturated rings. The second-order valence-corrected chi connectivity index (χ2v) is 2.79. The monoisotopic (exact) mass is 182 g/mol. The largest absolute Gasteiger partial charge is 0.502 e. The van der Waals surface area contributed by atoms with Crippen LogP contribution in [0.5, 0.6) is 5.75 Å². The smallest absolute Gasteiger partial charge is 0.311 e. The first-order valence-corrected chi connectivity index (χ1v) is 3.75.